The van der Waals surface area contributed by atoms with Gasteiger partial charge in [-0.1, -0.05) is 24.3 Å². The highest BCUT2D eigenvalue weighted by Crippen LogP contribution is 2.29. The molecule has 21 heavy (non-hydrogen) atoms. The molecule has 108 valence electrons. The Labute approximate surface area is 123 Å². The van der Waals surface area contributed by atoms with Crippen molar-refractivity contribution in [3.8, 4) is 0 Å². The van der Waals surface area contributed by atoms with E-state index < -0.39 is 11.7 Å². The molecule has 1 amide bonds. The number of benzene rings is 1. The van der Waals surface area contributed by atoms with Crippen molar-refractivity contribution in [3.05, 3.63) is 59.4 Å². The molecule has 3 rings (SSSR count). The lowest BCUT2D eigenvalue weighted by atomic mass is 9.87. The van der Waals surface area contributed by atoms with Gasteiger partial charge in [0.2, 0.25) is 0 Å². The number of rotatable bonds is 3. The summed E-state index contributed by atoms with van der Waals surface area (Å²) in [5.74, 6) is -1.01. The van der Waals surface area contributed by atoms with Crippen LogP contribution in [0.5, 0.6) is 0 Å². The number of nitrogens with one attached hydrogen (secondary N) is 1. The van der Waals surface area contributed by atoms with E-state index in [1.807, 2.05) is 18.2 Å². The van der Waals surface area contributed by atoms with Crippen molar-refractivity contribution in [1.29, 1.82) is 0 Å². The molecule has 1 unspecified atom stereocenters. The zero-order valence-corrected chi connectivity index (χ0v) is 12.0. The summed E-state index contributed by atoms with van der Waals surface area (Å²) >= 11 is 0. The molecule has 1 aliphatic rings. The van der Waals surface area contributed by atoms with Gasteiger partial charge >= 0.3 is 0 Å². The molecular weight excluding hydrogens is 264 g/mol. The van der Waals surface area contributed by atoms with Crippen LogP contribution < -0.4 is 5.32 Å². The fourth-order valence-corrected chi connectivity index (χ4v) is 2.94. The molecule has 1 aliphatic carbocycles. The number of amides is 1. The van der Waals surface area contributed by atoms with Crippen LogP contribution in [0, 0.1) is 0 Å². The third kappa shape index (κ3) is 2.61. The first kappa shape index (κ1) is 13.6. The van der Waals surface area contributed by atoms with Crippen molar-refractivity contribution in [1.82, 2.24) is 9.88 Å². The van der Waals surface area contributed by atoms with Crippen LogP contribution in [0.4, 0.5) is 0 Å². The van der Waals surface area contributed by atoms with Gasteiger partial charge in [0.05, 0.1) is 11.7 Å². The average molecular weight is 282 g/mol. The maximum absolute atomic E-state index is 12.2. The van der Waals surface area contributed by atoms with Crippen molar-refractivity contribution < 1.29 is 9.59 Å². The monoisotopic (exact) mass is 282 g/mol. The van der Waals surface area contributed by atoms with E-state index in [9.17, 15) is 9.59 Å². The van der Waals surface area contributed by atoms with Crippen LogP contribution in [0.25, 0.3) is 0 Å². The van der Waals surface area contributed by atoms with Gasteiger partial charge in [0.1, 0.15) is 0 Å². The van der Waals surface area contributed by atoms with Crippen molar-refractivity contribution in [2.24, 2.45) is 7.05 Å². The number of carbonyl (C=O) groups is 2. The molecule has 1 N–H and O–H groups in total. The molecule has 0 radical (unpaired) electrons. The van der Waals surface area contributed by atoms with Gasteiger partial charge in [-0.05, 0) is 42.5 Å². The number of fused-ring (bicyclic) bond motifs is 1. The third-order valence-corrected chi connectivity index (χ3v) is 4.06. The molecule has 1 aromatic carbocycles. The molecule has 0 spiro atoms. The third-order valence-electron chi connectivity index (χ3n) is 4.06. The number of Topliss-reactive ketones (excluding diaryl/α,β-unsaturated/α-hetero) is 1. The van der Waals surface area contributed by atoms with Crippen molar-refractivity contribution >= 4 is 11.7 Å². The van der Waals surface area contributed by atoms with Gasteiger partial charge in [0, 0.05) is 13.2 Å². The van der Waals surface area contributed by atoms with Gasteiger partial charge in [-0.2, -0.15) is 0 Å². The number of ketones is 1. The first-order valence-electron chi connectivity index (χ1n) is 7.21. The van der Waals surface area contributed by atoms with Gasteiger partial charge < -0.3 is 9.88 Å². The van der Waals surface area contributed by atoms with Gasteiger partial charge in [0.25, 0.3) is 11.7 Å². The Morgan fingerprint density at radius 1 is 1.19 bits per heavy atom. The zero-order valence-electron chi connectivity index (χ0n) is 12.0. The van der Waals surface area contributed by atoms with Gasteiger partial charge in [0.15, 0.2) is 0 Å². The second-order valence-electron chi connectivity index (χ2n) is 5.45. The second-order valence-corrected chi connectivity index (χ2v) is 5.45. The molecular formula is C17H18N2O2. The maximum atomic E-state index is 12.2. The average Bonchev–Trinajstić information content (AvgIpc) is 2.93. The highest BCUT2D eigenvalue weighted by Gasteiger charge is 2.25. The van der Waals surface area contributed by atoms with Gasteiger partial charge in [-0.15, -0.1) is 0 Å². The molecule has 0 saturated carbocycles. The standard InChI is InChI=1S/C17H18N2O2/c1-19-11-5-10-15(19)16(20)17(21)18-14-9-4-7-12-6-2-3-8-13(12)14/h2-3,5-6,8,10-11,14H,4,7,9H2,1H3,(H,18,21). The summed E-state index contributed by atoms with van der Waals surface area (Å²) < 4.78 is 1.66. The molecule has 1 heterocycles. The van der Waals surface area contributed by atoms with Crippen molar-refractivity contribution in [2.75, 3.05) is 0 Å². The normalized spacial score (nSPS) is 17.1. The van der Waals surface area contributed by atoms with E-state index in [0.717, 1.165) is 24.8 Å². The molecule has 0 bridgehead atoms. The van der Waals surface area contributed by atoms with Gasteiger partial charge in [-0.25, -0.2) is 0 Å². The summed E-state index contributed by atoms with van der Waals surface area (Å²) in [5.41, 5.74) is 2.81. The summed E-state index contributed by atoms with van der Waals surface area (Å²) in [5, 5.41) is 2.89. The smallest absolute Gasteiger partial charge is 0.294 e. The Balaban J connectivity index is 1.77. The van der Waals surface area contributed by atoms with Crippen LogP contribution in [0.3, 0.4) is 0 Å². The van der Waals surface area contributed by atoms with E-state index in [4.69, 9.17) is 0 Å². The minimum Gasteiger partial charge on any atom is -0.348 e. The van der Waals surface area contributed by atoms with Crippen LogP contribution in [-0.2, 0) is 18.3 Å². The van der Waals surface area contributed by atoms with Crippen molar-refractivity contribution in [3.63, 3.8) is 0 Å². The molecule has 2 aromatic rings. The highest BCUT2D eigenvalue weighted by atomic mass is 16.2. The Morgan fingerprint density at radius 3 is 2.76 bits per heavy atom. The molecule has 0 fully saturated rings. The largest absolute Gasteiger partial charge is 0.348 e. The Hall–Kier alpha value is -2.36. The van der Waals surface area contributed by atoms with E-state index in [0.29, 0.717) is 5.69 Å². The predicted octanol–water partition coefficient (Wildman–Crippen LogP) is 2.40. The minimum atomic E-state index is -0.529. The number of aromatic nitrogens is 1. The molecule has 4 nitrogen and oxygen atoms in total. The quantitative estimate of drug-likeness (QED) is 0.694. The number of hydrogen-bond donors (Lipinski definition) is 1. The summed E-state index contributed by atoms with van der Waals surface area (Å²) in [4.78, 5) is 24.4. The number of aryl methyl sites for hydroxylation is 2. The molecule has 1 aromatic heterocycles. The van der Waals surface area contributed by atoms with E-state index in [2.05, 4.69) is 11.4 Å². The van der Waals surface area contributed by atoms with Crippen LogP contribution in [0.2, 0.25) is 0 Å². The Kier molecular flexibility index (Phi) is 3.60. The molecule has 4 heteroatoms. The first-order chi connectivity index (χ1) is 10.2. The van der Waals surface area contributed by atoms with Crippen molar-refractivity contribution in [2.45, 2.75) is 25.3 Å². The lowest BCUT2D eigenvalue weighted by molar-refractivity contribution is -0.117. The minimum absolute atomic E-state index is 0.0633. The maximum Gasteiger partial charge on any atom is 0.294 e. The molecule has 0 saturated heterocycles. The summed E-state index contributed by atoms with van der Waals surface area (Å²) in [6.45, 7) is 0. The summed E-state index contributed by atoms with van der Waals surface area (Å²) in [7, 11) is 1.76. The Morgan fingerprint density at radius 2 is 2.00 bits per heavy atom. The van der Waals surface area contributed by atoms with Gasteiger partial charge in [-0.3, -0.25) is 9.59 Å². The topological polar surface area (TPSA) is 51.1 Å². The number of carbonyl (C=O) groups excluding carboxylic acids is 2. The lowest BCUT2D eigenvalue weighted by Crippen LogP contribution is -2.36. The lowest BCUT2D eigenvalue weighted by Gasteiger charge is -2.26. The SMILES string of the molecule is Cn1cccc1C(=O)C(=O)NC1CCCc2ccccc21. The van der Waals surface area contributed by atoms with E-state index >= 15 is 0 Å². The number of nitrogens with zero attached hydrogens (tertiary/aromatic N) is 1. The van der Waals surface area contributed by atoms with Crippen LogP contribution in [0.15, 0.2) is 42.6 Å². The first-order valence-corrected chi connectivity index (χ1v) is 7.21. The fraction of sp³-hybridized carbons (Fsp3) is 0.294. The van der Waals surface area contributed by atoms with E-state index in [-0.39, 0.29) is 6.04 Å². The van der Waals surface area contributed by atoms with Crippen LogP contribution in [-0.4, -0.2) is 16.3 Å². The summed E-state index contributed by atoms with van der Waals surface area (Å²) in [6, 6.07) is 11.5. The number of hydrogen-bond acceptors (Lipinski definition) is 2. The predicted molar refractivity (Wildman–Crippen MR) is 80.0 cm³/mol. The van der Waals surface area contributed by atoms with Crippen LogP contribution >= 0.6 is 0 Å². The zero-order chi connectivity index (χ0) is 14.8. The van der Waals surface area contributed by atoms with E-state index in [1.165, 1.54) is 5.56 Å². The molecule has 0 aliphatic heterocycles. The van der Waals surface area contributed by atoms with Crippen LogP contribution in [0.1, 0.15) is 40.5 Å². The highest BCUT2D eigenvalue weighted by molar-refractivity contribution is 6.42. The Bertz CT molecular complexity index is 688. The molecule has 1 atom stereocenters. The summed E-state index contributed by atoms with van der Waals surface area (Å²) in [6.07, 6.45) is 4.70. The second kappa shape index (κ2) is 5.56. The van der Waals surface area contributed by atoms with E-state index in [1.54, 1.807) is 29.9 Å². The fourth-order valence-electron chi connectivity index (χ4n) is 2.94.